The summed E-state index contributed by atoms with van der Waals surface area (Å²) in [6, 6.07) is 0. The third-order valence-electron chi connectivity index (χ3n) is 7.13. The number of ether oxygens (including phenoxy) is 2. The van der Waals surface area contributed by atoms with Crippen molar-refractivity contribution < 1.29 is 37.9 Å². The van der Waals surface area contributed by atoms with E-state index < -0.39 is 32.5 Å². The smallest absolute Gasteiger partial charge is 0.462 e. The second-order valence-corrected chi connectivity index (χ2v) is 12.4. The summed E-state index contributed by atoms with van der Waals surface area (Å²) in [6.45, 7) is 3.64. The number of unbranched alkanes of at least 4 members (excludes halogenated alkanes) is 20. The van der Waals surface area contributed by atoms with Crippen LogP contribution >= 0.6 is 7.82 Å². The van der Waals surface area contributed by atoms with Gasteiger partial charge in [-0.3, -0.25) is 14.1 Å². The third kappa shape index (κ3) is 30.0. The predicted octanol–water partition coefficient (Wildman–Crippen LogP) is 8.95. The van der Waals surface area contributed by atoms with Crippen LogP contribution in [0.25, 0.3) is 0 Å². The number of hydrogen-bond acceptors (Lipinski definition) is 6. The maximum atomic E-state index is 12.3. The molecule has 0 fully saturated rings. The molecule has 9 heteroatoms. The van der Waals surface area contributed by atoms with Crippen LogP contribution in [0.15, 0.2) is 0 Å². The highest BCUT2D eigenvalue weighted by Gasteiger charge is 2.22. The van der Waals surface area contributed by atoms with Crippen molar-refractivity contribution in [1.29, 1.82) is 0 Å². The second-order valence-electron chi connectivity index (χ2n) is 11.2. The summed E-state index contributed by atoms with van der Waals surface area (Å²) < 4.78 is 26.1. The fourth-order valence-corrected chi connectivity index (χ4v) is 5.03. The number of carbonyl (C=O) groups excluding carboxylic acids is 2. The van der Waals surface area contributed by atoms with Gasteiger partial charge < -0.3 is 19.3 Å². The topological polar surface area (TPSA) is 119 Å². The molecule has 0 aliphatic rings. The van der Waals surface area contributed by atoms with E-state index in [9.17, 15) is 14.2 Å². The van der Waals surface area contributed by atoms with Crippen LogP contribution in [0.1, 0.15) is 168 Å². The summed E-state index contributed by atoms with van der Waals surface area (Å²) in [6.07, 6.45) is 25.4. The lowest BCUT2D eigenvalue weighted by atomic mass is 10.0. The lowest BCUT2D eigenvalue weighted by molar-refractivity contribution is -0.161. The molecule has 0 aliphatic carbocycles. The van der Waals surface area contributed by atoms with E-state index >= 15 is 0 Å². The maximum absolute atomic E-state index is 12.3. The second kappa shape index (κ2) is 28.2. The zero-order chi connectivity index (χ0) is 29.7. The van der Waals surface area contributed by atoms with Gasteiger partial charge in [0.25, 0.3) is 0 Å². The molecule has 0 saturated carbocycles. The highest BCUT2D eigenvalue weighted by molar-refractivity contribution is 7.46. The number of phosphoric acid groups is 1. The lowest BCUT2D eigenvalue weighted by Crippen LogP contribution is -2.29. The molecule has 8 nitrogen and oxygen atoms in total. The summed E-state index contributed by atoms with van der Waals surface area (Å²) in [5.74, 6) is -0.881. The van der Waals surface area contributed by atoms with Gasteiger partial charge in [-0.25, -0.2) is 4.57 Å². The molecule has 0 saturated heterocycles. The van der Waals surface area contributed by atoms with Crippen molar-refractivity contribution in [2.24, 2.45) is 0 Å². The Morgan fingerprint density at radius 2 is 0.900 bits per heavy atom. The molecule has 0 heterocycles. The van der Waals surface area contributed by atoms with Gasteiger partial charge in [-0.15, -0.1) is 0 Å². The van der Waals surface area contributed by atoms with E-state index in [0.717, 1.165) is 32.1 Å². The molecule has 1 atom stereocenters. The molecule has 0 unspecified atom stereocenters. The number of esters is 2. The number of rotatable bonds is 30. The molecule has 0 radical (unpaired) electrons. The Balaban J connectivity index is 3.99. The number of hydrogen-bond donors (Lipinski definition) is 2. The molecular formula is C31H61O8P. The Bertz CT molecular complexity index is 637. The summed E-state index contributed by atoms with van der Waals surface area (Å²) in [7, 11) is -4.73. The van der Waals surface area contributed by atoms with Crippen molar-refractivity contribution in [3.05, 3.63) is 0 Å². The van der Waals surface area contributed by atoms with Crippen LogP contribution in [0.5, 0.6) is 0 Å². The first kappa shape index (κ1) is 39.0. The van der Waals surface area contributed by atoms with Crippen LogP contribution in [0.3, 0.4) is 0 Å². The van der Waals surface area contributed by atoms with Crippen LogP contribution in [0, 0.1) is 0 Å². The average Bonchev–Trinajstić information content (AvgIpc) is 2.91. The highest BCUT2D eigenvalue weighted by Crippen LogP contribution is 2.35. The van der Waals surface area contributed by atoms with E-state index in [-0.39, 0.29) is 19.4 Å². The molecule has 0 bridgehead atoms. The highest BCUT2D eigenvalue weighted by atomic mass is 31.2. The standard InChI is InChI=1S/C31H61O8P/c1-3-5-7-9-11-13-14-15-16-18-20-22-24-26-31(33)39-29(28-38-40(34,35)36)27-37-30(32)25-23-21-19-17-12-10-8-6-4-2/h29H,3-28H2,1-2H3,(H2,34,35,36)/t29-/m1/s1. The first-order valence-electron chi connectivity index (χ1n) is 16.3. The predicted molar refractivity (Wildman–Crippen MR) is 161 cm³/mol. The SMILES string of the molecule is CCCCCCCCCCCCCCCC(=O)O[C@H](COC(=O)CCCCCCCCCCC)COP(=O)(O)O. The quantitative estimate of drug-likeness (QED) is 0.0482. The Morgan fingerprint density at radius 1 is 0.550 bits per heavy atom. The van der Waals surface area contributed by atoms with E-state index in [1.165, 1.54) is 103 Å². The summed E-state index contributed by atoms with van der Waals surface area (Å²) in [5, 5.41) is 0. The van der Waals surface area contributed by atoms with Gasteiger partial charge >= 0.3 is 19.8 Å². The minimum atomic E-state index is -4.73. The van der Waals surface area contributed by atoms with Gasteiger partial charge in [-0.1, -0.05) is 142 Å². The first-order chi connectivity index (χ1) is 19.3. The van der Waals surface area contributed by atoms with Crippen LogP contribution < -0.4 is 0 Å². The van der Waals surface area contributed by atoms with Crippen molar-refractivity contribution >= 4 is 19.8 Å². The zero-order valence-corrected chi connectivity index (χ0v) is 26.6. The van der Waals surface area contributed by atoms with Crippen LogP contribution in [-0.4, -0.2) is 41.0 Å². The third-order valence-corrected chi connectivity index (χ3v) is 7.61. The molecule has 40 heavy (non-hydrogen) atoms. The van der Waals surface area contributed by atoms with E-state index in [0.29, 0.717) is 6.42 Å². The molecule has 0 aliphatic heterocycles. The minimum absolute atomic E-state index is 0.219. The van der Waals surface area contributed by atoms with E-state index in [1.807, 2.05) is 0 Å². The monoisotopic (exact) mass is 592 g/mol. The van der Waals surface area contributed by atoms with Crippen molar-refractivity contribution in [3.8, 4) is 0 Å². The van der Waals surface area contributed by atoms with Gasteiger partial charge in [0.1, 0.15) is 6.61 Å². The Kier molecular flexibility index (Phi) is 27.5. The molecule has 0 amide bonds. The maximum Gasteiger partial charge on any atom is 0.469 e. The van der Waals surface area contributed by atoms with Gasteiger partial charge in [0.15, 0.2) is 6.10 Å². The zero-order valence-electron chi connectivity index (χ0n) is 25.8. The van der Waals surface area contributed by atoms with Crippen LogP contribution in [0.4, 0.5) is 0 Å². The molecule has 238 valence electrons. The number of carbonyl (C=O) groups is 2. The molecule has 0 rings (SSSR count). The molecule has 0 aromatic rings. The fourth-order valence-electron chi connectivity index (χ4n) is 4.67. The van der Waals surface area contributed by atoms with Gasteiger partial charge in [0.05, 0.1) is 6.61 Å². The first-order valence-corrected chi connectivity index (χ1v) is 17.9. The molecule has 0 spiro atoms. The van der Waals surface area contributed by atoms with Crippen molar-refractivity contribution in [1.82, 2.24) is 0 Å². The van der Waals surface area contributed by atoms with Gasteiger partial charge in [0.2, 0.25) is 0 Å². The lowest BCUT2D eigenvalue weighted by Gasteiger charge is -2.18. The molecule has 2 N–H and O–H groups in total. The largest absolute Gasteiger partial charge is 0.469 e. The van der Waals surface area contributed by atoms with Crippen molar-refractivity contribution in [2.75, 3.05) is 13.2 Å². The summed E-state index contributed by atoms with van der Waals surface area (Å²) in [4.78, 5) is 42.4. The van der Waals surface area contributed by atoms with Gasteiger partial charge in [-0.2, -0.15) is 0 Å². The average molecular weight is 593 g/mol. The Labute approximate surface area is 244 Å². The number of phosphoric ester groups is 1. The van der Waals surface area contributed by atoms with E-state index in [2.05, 4.69) is 18.4 Å². The van der Waals surface area contributed by atoms with Crippen LogP contribution in [0.2, 0.25) is 0 Å². The van der Waals surface area contributed by atoms with Crippen molar-refractivity contribution in [3.63, 3.8) is 0 Å². The van der Waals surface area contributed by atoms with Crippen molar-refractivity contribution in [2.45, 2.75) is 174 Å². The molecular weight excluding hydrogens is 531 g/mol. The normalized spacial score (nSPS) is 12.4. The Hall–Kier alpha value is -0.950. The van der Waals surface area contributed by atoms with E-state index in [4.69, 9.17) is 19.3 Å². The van der Waals surface area contributed by atoms with Crippen LogP contribution in [-0.2, 0) is 28.2 Å². The van der Waals surface area contributed by atoms with Gasteiger partial charge in [0, 0.05) is 12.8 Å². The van der Waals surface area contributed by atoms with E-state index in [1.54, 1.807) is 0 Å². The summed E-state index contributed by atoms with van der Waals surface area (Å²) in [5.41, 5.74) is 0. The van der Waals surface area contributed by atoms with Gasteiger partial charge in [-0.05, 0) is 12.8 Å². The fraction of sp³-hybridized carbons (Fsp3) is 0.935. The Morgan fingerprint density at radius 3 is 1.27 bits per heavy atom. The molecule has 0 aromatic carbocycles. The minimum Gasteiger partial charge on any atom is -0.462 e. The molecule has 0 aromatic heterocycles. The summed E-state index contributed by atoms with van der Waals surface area (Å²) >= 11 is 0.